The molecule has 0 aromatic heterocycles. The molecule has 0 spiro atoms. The molecule has 2 N–H and O–H groups in total. The maximum atomic E-state index is 11.7. The Morgan fingerprint density at radius 3 is 2.24 bits per heavy atom. The SMILES string of the molecule is O=C(/C=C/c1ccccc1)N(CCO)CCO. The van der Waals surface area contributed by atoms with Gasteiger partial charge in [-0.25, -0.2) is 0 Å². The van der Waals surface area contributed by atoms with E-state index in [1.807, 2.05) is 30.3 Å². The lowest BCUT2D eigenvalue weighted by molar-refractivity contribution is -0.126. The molecule has 4 nitrogen and oxygen atoms in total. The zero-order valence-electron chi connectivity index (χ0n) is 9.62. The van der Waals surface area contributed by atoms with Gasteiger partial charge in [-0.15, -0.1) is 0 Å². The highest BCUT2D eigenvalue weighted by Gasteiger charge is 2.08. The van der Waals surface area contributed by atoms with Gasteiger partial charge in [0.1, 0.15) is 0 Å². The van der Waals surface area contributed by atoms with Crippen molar-refractivity contribution < 1.29 is 15.0 Å². The molecule has 4 heteroatoms. The summed E-state index contributed by atoms with van der Waals surface area (Å²) in [5.41, 5.74) is 0.939. The van der Waals surface area contributed by atoms with Gasteiger partial charge in [-0.1, -0.05) is 30.3 Å². The van der Waals surface area contributed by atoms with Crippen molar-refractivity contribution in [3.8, 4) is 0 Å². The minimum Gasteiger partial charge on any atom is -0.395 e. The monoisotopic (exact) mass is 235 g/mol. The lowest BCUT2D eigenvalue weighted by Crippen LogP contribution is -2.34. The third kappa shape index (κ3) is 4.80. The summed E-state index contributed by atoms with van der Waals surface area (Å²) in [6.07, 6.45) is 3.16. The van der Waals surface area contributed by atoms with E-state index in [4.69, 9.17) is 10.2 Å². The zero-order chi connectivity index (χ0) is 12.5. The van der Waals surface area contributed by atoms with Gasteiger partial charge in [-0.3, -0.25) is 4.79 Å². The van der Waals surface area contributed by atoms with Gasteiger partial charge >= 0.3 is 0 Å². The normalized spacial score (nSPS) is 10.7. The predicted molar refractivity (Wildman–Crippen MR) is 66.2 cm³/mol. The van der Waals surface area contributed by atoms with Crippen LogP contribution >= 0.6 is 0 Å². The third-order valence-corrected chi connectivity index (χ3v) is 2.27. The van der Waals surface area contributed by atoms with Crippen LogP contribution in [0.5, 0.6) is 0 Å². The van der Waals surface area contributed by atoms with E-state index in [-0.39, 0.29) is 32.2 Å². The summed E-state index contributed by atoms with van der Waals surface area (Å²) >= 11 is 0. The molecule has 0 bridgehead atoms. The van der Waals surface area contributed by atoms with Crippen LogP contribution in [0.15, 0.2) is 36.4 Å². The van der Waals surface area contributed by atoms with Crippen LogP contribution in [-0.4, -0.2) is 47.3 Å². The Hall–Kier alpha value is -1.65. The van der Waals surface area contributed by atoms with Gasteiger partial charge in [-0.05, 0) is 11.6 Å². The average Bonchev–Trinajstić information content (AvgIpc) is 2.37. The highest BCUT2D eigenvalue weighted by Crippen LogP contribution is 2.02. The lowest BCUT2D eigenvalue weighted by atomic mass is 10.2. The Balaban J connectivity index is 2.60. The van der Waals surface area contributed by atoms with Gasteiger partial charge < -0.3 is 15.1 Å². The first kappa shape index (κ1) is 13.4. The summed E-state index contributed by atoms with van der Waals surface area (Å²) in [6, 6.07) is 9.48. The topological polar surface area (TPSA) is 60.8 Å². The zero-order valence-corrected chi connectivity index (χ0v) is 9.62. The van der Waals surface area contributed by atoms with Crippen molar-refractivity contribution in [1.82, 2.24) is 4.90 Å². The van der Waals surface area contributed by atoms with Crippen LogP contribution in [0.25, 0.3) is 6.08 Å². The summed E-state index contributed by atoms with van der Waals surface area (Å²) in [7, 11) is 0. The van der Waals surface area contributed by atoms with Gasteiger partial charge in [0.2, 0.25) is 5.91 Å². The molecule has 17 heavy (non-hydrogen) atoms. The number of carbonyl (C=O) groups is 1. The van der Waals surface area contributed by atoms with E-state index in [0.29, 0.717) is 0 Å². The first-order valence-electron chi connectivity index (χ1n) is 5.51. The average molecular weight is 235 g/mol. The van der Waals surface area contributed by atoms with E-state index in [1.165, 1.54) is 11.0 Å². The second kappa shape index (κ2) is 7.60. The molecule has 1 amide bonds. The number of carbonyl (C=O) groups excluding carboxylic acids is 1. The van der Waals surface area contributed by atoms with Gasteiger partial charge in [0.15, 0.2) is 0 Å². The van der Waals surface area contributed by atoms with E-state index in [2.05, 4.69) is 0 Å². The molecular formula is C13H17NO3. The molecule has 0 aliphatic heterocycles. The minimum atomic E-state index is -0.211. The van der Waals surface area contributed by atoms with E-state index in [9.17, 15) is 4.79 Å². The Kier molecular flexibility index (Phi) is 5.99. The minimum absolute atomic E-state index is 0.106. The van der Waals surface area contributed by atoms with Gasteiger partial charge in [0, 0.05) is 19.2 Å². The van der Waals surface area contributed by atoms with Crippen LogP contribution in [-0.2, 0) is 4.79 Å². The molecule has 0 radical (unpaired) electrons. The number of benzene rings is 1. The van der Waals surface area contributed by atoms with Crippen molar-refractivity contribution in [2.45, 2.75) is 0 Å². The van der Waals surface area contributed by atoms with Crippen LogP contribution in [0.4, 0.5) is 0 Å². The molecule has 92 valence electrons. The predicted octanol–water partition coefficient (Wildman–Crippen LogP) is 0.513. The molecule has 1 rings (SSSR count). The standard InChI is InChI=1S/C13H17NO3/c15-10-8-14(9-11-16)13(17)7-6-12-4-2-1-3-5-12/h1-7,15-16H,8-11H2/b7-6+. The first-order chi connectivity index (χ1) is 8.27. The smallest absolute Gasteiger partial charge is 0.246 e. The number of amides is 1. The molecule has 1 aromatic carbocycles. The van der Waals surface area contributed by atoms with Crippen LogP contribution in [0, 0.1) is 0 Å². The van der Waals surface area contributed by atoms with Crippen LogP contribution < -0.4 is 0 Å². The van der Waals surface area contributed by atoms with Gasteiger partial charge in [0.25, 0.3) is 0 Å². The van der Waals surface area contributed by atoms with Crippen molar-refractivity contribution >= 4 is 12.0 Å². The van der Waals surface area contributed by atoms with Crippen molar-refractivity contribution in [2.24, 2.45) is 0 Å². The van der Waals surface area contributed by atoms with E-state index >= 15 is 0 Å². The van der Waals surface area contributed by atoms with Crippen LogP contribution in [0.1, 0.15) is 5.56 Å². The molecule has 0 aliphatic rings. The summed E-state index contributed by atoms with van der Waals surface area (Å²) in [4.78, 5) is 13.1. The van der Waals surface area contributed by atoms with Crippen molar-refractivity contribution in [1.29, 1.82) is 0 Å². The number of rotatable bonds is 6. The van der Waals surface area contributed by atoms with Gasteiger partial charge in [0.05, 0.1) is 13.2 Å². The number of aliphatic hydroxyl groups excluding tert-OH is 2. The van der Waals surface area contributed by atoms with Crippen molar-refractivity contribution in [3.63, 3.8) is 0 Å². The summed E-state index contributed by atoms with van der Waals surface area (Å²) < 4.78 is 0. The fourth-order valence-corrected chi connectivity index (χ4v) is 1.41. The summed E-state index contributed by atoms with van der Waals surface area (Å²) in [6.45, 7) is 0.257. The maximum absolute atomic E-state index is 11.7. The number of nitrogens with zero attached hydrogens (tertiary/aromatic N) is 1. The summed E-state index contributed by atoms with van der Waals surface area (Å²) in [5.74, 6) is -0.211. The molecule has 0 saturated heterocycles. The van der Waals surface area contributed by atoms with Crippen LogP contribution in [0.3, 0.4) is 0 Å². The lowest BCUT2D eigenvalue weighted by Gasteiger charge is -2.18. The molecule has 0 heterocycles. The molecule has 0 atom stereocenters. The van der Waals surface area contributed by atoms with Crippen molar-refractivity contribution in [3.05, 3.63) is 42.0 Å². The maximum Gasteiger partial charge on any atom is 0.246 e. The second-order valence-corrected chi connectivity index (χ2v) is 3.52. The van der Waals surface area contributed by atoms with E-state index < -0.39 is 0 Å². The first-order valence-corrected chi connectivity index (χ1v) is 5.51. The van der Waals surface area contributed by atoms with E-state index in [1.54, 1.807) is 6.08 Å². The fourth-order valence-electron chi connectivity index (χ4n) is 1.41. The number of hydrogen-bond donors (Lipinski definition) is 2. The van der Waals surface area contributed by atoms with E-state index in [0.717, 1.165) is 5.56 Å². The van der Waals surface area contributed by atoms with Crippen LogP contribution in [0.2, 0.25) is 0 Å². The fraction of sp³-hybridized carbons (Fsp3) is 0.308. The highest BCUT2D eigenvalue weighted by atomic mass is 16.3. The molecule has 0 fully saturated rings. The van der Waals surface area contributed by atoms with Gasteiger partial charge in [-0.2, -0.15) is 0 Å². The van der Waals surface area contributed by atoms with Crippen molar-refractivity contribution in [2.75, 3.05) is 26.3 Å². The molecule has 0 saturated carbocycles. The highest BCUT2D eigenvalue weighted by molar-refractivity contribution is 5.91. The third-order valence-electron chi connectivity index (χ3n) is 2.27. The quantitative estimate of drug-likeness (QED) is 0.706. The molecular weight excluding hydrogens is 218 g/mol. The number of hydrogen-bond acceptors (Lipinski definition) is 3. The summed E-state index contributed by atoms with van der Waals surface area (Å²) in [5, 5.41) is 17.6. The Morgan fingerprint density at radius 1 is 1.12 bits per heavy atom. The Labute approximate surface area is 101 Å². The second-order valence-electron chi connectivity index (χ2n) is 3.52. The largest absolute Gasteiger partial charge is 0.395 e. The molecule has 0 unspecified atom stereocenters. The number of aliphatic hydroxyl groups is 2. The molecule has 0 aliphatic carbocycles. The Morgan fingerprint density at radius 2 is 1.71 bits per heavy atom. The molecule has 1 aromatic rings. The Bertz CT molecular complexity index is 356.